The normalized spacial score (nSPS) is 31.4. The summed E-state index contributed by atoms with van der Waals surface area (Å²) in [7, 11) is 0. The van der Waals surface area contributed by atoms with Crippen molar-refractivity contribution in [3.05, 3.63) is 0 Å². The van der Waals surface area contributed by atoms with Gasteiger partial charge in [-0.05, 0) is 0 Å². The first-order valence-corrected chi connectivity index (χ1v) is 5.91. The van der Waals surface area contributed by atoms with E-state index in [1.807, 2.05) is 0 Å². The van der Waals surface area contributed by atoms with Crippen LogP contribution in [0, 0.1) is 0 Å². The smallest absolute Gasteiger partial charge is 0.465 e. The van der Waals surface area contributed by atoms with E-state index in [1.54, 1.807) is 0 Å². The van der Waals surface area contributed by atoms with Gasteiger partial charge in [0.05, 0.1) is 0 Å². The molecule has 1 rings (SSSR count). The quantitative estimate of drug-likeness (QED) is 0.493. The lowest BCUT2D eigenvalue weighted by atomic mass is 9.56. The Morgan fingerprint density at radius 1 is 0.875 bits per heavy atom. The van der Waals surface area contributed by atoms with Crippen molar-refractivity contribution >= 4 is 28.7 Å². The zero-order chi connectivity index (χ0) is 12.8. The van der Waals surface area contributed by atoms with Crippen LogP contribution in [0.3, 0.4) is 0 Å². The van der Waals surface area contributed by atoms with Gasteiger partial charge < -0.3 is 8.20 Å². The van der Waals surface area contributed by atoms with E-state index in [4.69, 9.17) is 0 Å². The number of hydrogen-bond donors (Lipinski definition) is 0. The second-order valence-electron chi connectivity index (χ2n) is 2.71. The van der Waals surface area contributed by atoms with Crippen LogP contribution in [-0.2, 0) is 30.4 Å². The average Bonchev–Trinajstić information content (AvgIpc) is 1.97. The molecule has 0 aromatic carbocycles. The highest BCUT2D eigenvalue weighted by atomic mass is 32.3. The van der Waals surface area contributed by atoms with Gasteiger partial charge in [0, 0.05) is 0 Å². The van der Waals surface area contributed by atoms with Gasteiger partial charge in [0.2, 0.25) is 0 Å². The molecule has 4 nitrogen and oxygen atoms in total. The van der Waals surface area contributed by atoms with E-state index in [9.17, 15) is 34.8 Å². The molecule has 0 amide bonds. The molecule has 1 fully saturated rings. The standard InChI is InChI=1S/C3H2BF6O4S2/c5-2(6,7)4(3(8,9)10)13-15(11)1-16(12)14-4/h1H2/q-1. The highest BCUT2D eigenvalue weighted by Crippen LogP contribution is 2.45. The molecule has 0 aromatic rings. The van der Waals surface area contributed by atoms with Gasteiger partial charge in [0.1, 0.15) is 27.2 Å². The maximum Gasteiger partial charge on any atom is 0.483 e. The molecule has 0 saturated carbocycles. The fourth-order valence-electron chi connectivity index (χ4n) is 0.856. The molecule has 1 saturated heterocycles. The van der Waals surface area contributed by atoms with Crippen LogP contribution in [-0.4, -0.2) is 32.2 Å². The van der Waals surface area contributed by atoms with Gasteiger partial charge in [0.15, 0.2) is 0 Å². The van der Waals surface area contributed by atoms with E-state index in [1.165, 1.54) is 0 Å². The summed E-state index contributed by atoms with van der Waals surface area (Å²) in [5, 5.41) is -1.06. The van der Waals surface area contributed by atoms with E-state index in [2.05, 4.69) is 8.20 Å². The van der Waals surface area contributed by atoms with Crippen LogP contribution >= 0.6 is 0 Å². The predicted molar refractivity (Wildman–Crippen MR) is 41.2 cm³/mol. The summed E-state index contributed by atoms with van der Waals surface area (Å²) in [6.45, 7) is -5.87. The summed E-state index contributed by atoms with van der Waals surface area (Å²) in [4.78, 5) is 0. The van der Waals surface area contributed by atoms with Crippen LogP contribution in [0.1, 0.15) is 0 Å². The Morgan fingerprint density at radius 2 is 1.19 bits per heavy atom. The third kappa shape index (κ3) is 2.26. The Hall–Kier alpha value is -0.135. The molecule has 0 aromatic heterocycles. The van der Waals surface area contributed by atoms with Crippen LogP contribution < -0.4 is 0 Å². The minimum Gasteiger partial charge on any atom is -0.465 e. The van der Waals surface area contributed by atoms with Crippen LogP contribution in [0.25, 0.3) is 0 Å². The lowest BCUT2D eigenvalue weighted by Gasteiger charge is -2.43. The number of hydrogen-bond acceptors (Lipinski definition) is 4. The van der Waals surface area contributed by atoms with Crippen molar-refractivity contribution in [2.24, 2.45) is 0 Å². The summed E-state index contributed by atoms with van der Waals surface area (Å²) in [6.07, 6.45) is -12.0. The molecule has 2 unspecified atom stereocenters. The SMILES string of the molecule is O=S1CS(=O)O[B-](C(F)(F)F)(C(F)(F)F)O1. The van der Waals surface area contributed by atoms with Crippen molar-refractivity contribution in [1.82, 2.24) is 0 Å². The van der Waals surface area contributed by atoms with E-state index >= 15 is 0 Å². The van der Waals surface area contributed by atoms with Crippen LogP contribution in [0.4, 0.5) is 26.3 Å². The summed E-state index contributed by atoms with van der Waals surface area (Å²) in [5.74, 6) is 0. The highest BCUT2D eigenvalue weighted by molar-refractivity contribution is 7.99. The van der Waals surface area contributed by atoms with Gasteiger partial charge in [-0.3, -0.25) is 0 Å². The fourth-order valence-corrected chi connectivity index (χ4v) is 3.10. The van der Waals surface area contributed by atoms with Gasteiger partial charge in [-0.25, -0.2) is 34.8 Å². The summed E-state index contributed by atoms with van der Waals surface area (Å²) in [5.41, 5.74) is 0. The van der Waals surface area contributed by atoms with E-state index < -0.39 is 45.9 Å². The largest absolute Gasteiger partial charge is 0.483 e. The average molecular weight is 291 g/mol. The van der Waals surface area contributed by atoms with Gasteiger partial charge in [-0.15, -0.1) is 0 Å². The van der Waals surface area contributed by atoms with Crippen molar-refractivity contribution in [3.8, 4) is 0 Å². The molecule has 1 aliphatic heterocycles. The first-order chi connectivity index (χ1) is 6.99. The summed E-state index contributed by atoms with van der Waals surface area (Å²) in [6, 6.07) is 0. The molecule has 1 heterocycles. The molecule has 96 valence electrons. The minimum atomic E-state index is -5.98. The van der Waals surface area contributed by atoms with Crippen LogP contribution in [0.15, 0.2) is 0 Å². The maximum absolute atomic E-state index is 12.2. The summed E-state index contributed by atoms with van der Waals surface area (Å²) < 4.78 is 101. The molecule has 13 heteroatoms. The number of alkyl halides is 6. The zero-order valence-electron chi connectivity index (χ0n) is 7.00. The Kier molecular flexibility index (Phi) is 3.45. The number of halogens is 6. The lowest BCUT2D eigenvalue weighted by Crippen LogP contribution is -2.69. The first-order valence-electron chi connectivity index (χ1n) is 3.43. The molecule has 1 aliphatic rings. The Bertz CT molecular complexity index is 306. The van der Waals surface area contributed by atoms with E-state index in [0.29, 0.717) is 0 Å². The molecule has 0 bridgehead atoms. The predicted octanol–water partition coefficient (Wildman–Crippen LogP) is 0.963. The first kappa shape index (κ1) is 13.9. The fraction of sp³-hybridized carbons (Fsp3) is 1.00. The topological polar surface area (TPSA) is 52.6 Å². The van der Waals surface area contributed by atoms with Crippen molar-refractivity contribution in [2.45, 2.75) is 12.2 Å². The van der Waals surface area contributed by atoms with Gasteiger partial charge in [0.25, 0.3) is 0 Å². The molecular weight excluding hydrogens is 289 g/mol. The van der Waals surface area contributed by atoms with E-state index in [-0.39, 0.29) is 0 Å². The maximum atomic E-state index is 12.2. The van der Waals surface area contributed by atoms with Crippen molar-refractivity contribution in [1.29, 1.82) is 0 Å². The minimum absolute atomic E-state index is 1.06. The second kappa shape index (κ2) is 3.96. The third-order valence-electron chi connectivity index (χ3n) is 1.54. The Morgan fingerprint density at radius 3 is 1.44 bits per heavy atom. The lowest BCUT2D eigenvalue weighted by molar-refractivity contribution is -0.148. The van der Waals surface area contributed by atoms with Crippen LogP contribution in [0.5, 0.6) is 0 Å². The monoisotopic (exact) mass is 291 g/mol. The molecular formula is C3H2BF6O4S2-. The van der Waals surface area contributed by atoms with Gasteiger partial charge in [-0.2, -0.15) is 0 Å². The molecule has 0 N–H and O–H groups in total. The van der Waals surface area contributed by atoms with E-state index in [0.717, 1.165) is 0 Å². The molecule has 0 aliphatic carbocycles. The van der Waals surface area contributed by atoms with Gasteiger partial charge >= 0.3 is 18.7 Å². The second-order valence-corrected chi connectivity index (χ2v) is 5.26. The molecule has 0 radical (unpaired) electrons. The summed E-state index contributed by atoms with van der Waals surface area (Å²) >= 11 is -5.94. The van der Waals surface area contributed by atoms with Crippen molar-refractivity contribution in [2.75, 3.05) is 5.08 Å². The Balaban J connectivity index is 3.25. The molecule has 16 heavy (non-hydrogen) atoms. The highest BCUT2D eigenvalue weighted by Gasteiger charge is 2.73. The van der Waals surface area contributed by atoms with Crippen molar-refractivity contribution < 1.29 is 43.0 Å². The molecule has 0 spiro atoms. The number of rotatable bonds is 0. The van der Waals surface area contributed by atoms with Crippen molar-refractivity contribution in [3.63, 3.8) is 0 Å². The Labute approximate surface area is 89.6 Å². The third-order valence-corrected chi connectivity index (χ3v) is 4.05. The molecule has 2 atom stereocenters. The van der Waals surface area contributed by atoms with Gasteiger partial charge in [-0.1, -0.05) is 0 Å². The van der Waals surface area contributed by atoms with Crippen LogP contribution in [0.2, 0.25) is 0 Å². The zero-order valence-corrected chi connectivity index (χ0v) is 8.63.